The molecule has 0 saturated carbocycles. The van der Waals surface area contributed by atoms with Gasteiger partial charge in [-0.15, -0.1) is 0 Å². The molecule has 0 heterocycles. The lowest BCUT2D eigenvalue weighted by Gasteiger charge is -2.26. The summed E-state index contributed by atoms with van der Waals surface area (Å²) in [5.74, 6) is -0.0749. The Hall–Kier alpha value is -5.22. The number of nitrogens with zero attached hydrogens (tertiary/aromatic N) is 2. The van der Waals surface area contributed by atoms with Crippen molar-refractivity contribution in [2.45, 2.75) is 33.1 Å². The molecule has 6 aromatic rings. The summed E-state index contributed by atoms with van der Waals surface area (Å²) in [5, 5.41) is 0. The van der Waals surface area contributed by atoms with Gasteiger partial charge < -0.3 is 9.80 Å². The van der Waals surface area contributed by atoms with Crippen LogP contribution in [0.1, 0.15) is 37.3 Å². The van der Waals surface area contributed by atoms with Crippen molar-refractivity contribution in [3.8, 4) is 11.1 Å². The van der Waals surface area contributed by atoms with Crippen molar-refractivity contribution in [2.75, 3.05) is 9.80 Å². The normalized spacial score (nSPS) is 11.7. The molecule has 0 fully saturated rings. The molecule has 6 rings (SSSR count). The third-order valence-corrected chi connectivity index (χ3v) is 8.31. The van der Waals surface area contributed by atoms with Crippen molar-refractivity contribution in [1.82, 2.24) is 0 Å². The Morgan fingerprint density at radius 3 is 1.31 bits per heavy atom. The van der Waals surface area contributed by atoms with E-state index in [0.29, 0.717) is 5.92 Å². The Bertz CT molecular complexity index is 1830. The van der Waals surface area contributed by atoms with Crippen LogP contribution in [0.3, 0.4) is 0 Å². The fraction of sp³-hybridized carbons (Fsp3) is 0.122. The quantitative estimate of drug-likeness (QED) is 0.164. The van der Waals surface area contributed by atoms with Crippen LogP contribution in [-0.4, -0.2) is 0 Å². The van der Waals surface area contributed by atoms with Crippen LogP contribution in [0.25, 0.3) is 11.1 Å². The number of aryl methyl sites for hydroxylation is 1. The minimum absolute atomic E-state index is 0.275. The van der Waals surface area contributed by atoms with Gasteiger partial charge in [-0.25, -0.2) is 8.78 Å². The van der Waals surface area contributed by atoms with E-state index < -0.39 is 0 Å². The largest absolute Gasteiger partial charge is 0.310 e. The van der Waals surface area contributed by atoms with E-state index in [1.807, 2.05) is 24.3 Å². The smallest absolute Gasteiger partial charge is 0.125 e. The van der Waals surface area contributed by atoms with Crippen LogP contribution in [0, 0.1) is 18.6 Å². The summed E-state index contributed by atoms with van der Waals surface area (Å²) in [6.07, 6.45) is 1.07. The molecule has 0 N–H and O–H groups in total. The first-order valence-corrected chi connectivity index (χ1v) is 15.4. The zero-order valence-corrected chi connectivity index (χ0v) is 25.8. The highest BCUT2D eigenvalue weighted by Gasteiger charge is 2.16. The van der Waals surface area contributed by atoms with E-state index in [1.54, 1.807) is 24.3 Å². The Morgan fingerprint density at radius 2 is 0.889 bits per heavy atom. The second-order valence-corrected chi connectivity index (χ2v) is 11.5. The molecule has 6 aromatic carbocycles. The maximum absolute atomic E-state index is 14.4. The summed E-state index contributed by atoms with van der Waals surface area (Å²) >= 11 is 0. The van der Waals surface area contributed by atoms with Crippen LogP contribution in [-0.2, 0) is 0 Å². The SMILES string of the molecule is CCC(C)c1ccc(N(c2ccc(-c3ccc(N(c4cccc(C)c4)c4cccc(F)c4)cc3)cc2)c2cccc(F)c2)cc1. The first kappa shape index (κ1) is 29.8. The van der Waals surface area contributed by atoms with Gasteiger partial charge in [0.2, 0.25) is 0 Å². The van der Waals surface area contributed by atoms with E-state index in [4.69, 9.17) is 0 Å². The van der Waals surface area contributed by atoms with E-state index >= 15 is 0 Å². The summed E-state index contributed by atoms with van der Waals surface area (Å²) in [5.41, 5.74) is 9.86. The number of halogens is 2. The zero-order valence-electron chi connectivity index (χ0n) is 25.8. The number of benzene rings is 6. The van der Waals surface area contributed by atoms with Crippen LogP contribution in [0.15, 0.2) is 146 Å². The number of rotatable bonds is 9. The van der Waals surface area contributed by atoms with Gasteiger partial charge >= 0.3 is 0 Å². The molecule has 0 radical (unpaired) electrons. The molecule has 1 atom stereocenters. The Balaban J connectivity index is 1.32. The van der Waals surface area contributed by atoms with Crippen LogP contribution in [0.4, 0.5) is 42.9 Å². The van der Waals surface area contributed by atoms with Gasteiger partial charge in [0.15, 0.2) is 0 Å². The summed E-state index contributed by atoms with van der Waals surface area (Å²) in [6, 6.07) is 46.7. The van der Waals surface area contributed by atoms with E-state index in [-0.39, 0.29) is 11.6 Å². The fourth-order valence-electron chi connectivity index (χ4n) is 5.69. The van der Waals surface area contributed by atoms with Crippen LogP contribution >= 0.6 is 0 Å². The Morgan fingerprint density at radius 1 is 0.489 bits per heavy atom. The third-order valence-electron chi connectivity index (χ3n) is 8.31. The minimum atomic E-state index is -0.277. The van der Waals surface area contributed by atoms with Crippen molar-refractivity contribution in [2.24, 2.45) is 0 Å². The van der Waals surface area contributed by atoms with Crippen molar-refractivity contribution < 1.29 is 8.78 Å². The highest BCUT2D eigenvalue weighted by Crippen LogP contribution is 2.38. The summed E-state index contributed by atoms with van der Waals surface area (Å²) in [4.78, 5) is 4.14. The summed E-state index contributed by atoms with van der Waals surface area (Å²) in [7, 11) is 0. The molecule has 0 amide bonds. The molecule has 1 unspecified atom stereocenters. The molecule has 0 aliphatic heterocycles. The number of anilines is 6. The molecule has 0 saturated heterocycles. The lowest BCUT2D eigenvalue weighted by molar-refractivity contribution is 0.627. The van der Waals surface area contributed by atoms with Crippen LogP contribution in [0.2, 0.25) is 0 Å². The third kappa shape index (κ3) is 6.66. The van der Waals surface area contributed by atoms with E-state index in [9.17, 15) is 8.78 Å². The fourth-order valence-corrected chi connectivity index (χ4v) is 5.69. The first-order valence-electron chi connectivity index (χ1n) is 15.4. The average molecular weight is 595 g/mol. The van der Waals surface area contributed by atoms with E-state index in [0.717, 1.165) is 57.2 Å². The molecule has 4 heteroatoms. The lowest BCUT2D eigenvalue weighted by atomic mass is 9.98. The van der Waals surface area contributed by atoms with Crippen molar-refractivity contribution in [3.05, 3.63) is 168 Å². The van der Waals surface area contributed by atoms with Gasteiger partial charge in [-0.2, -0.15) is 0 Å². The van der Waals surface area contributed by atoms with Crippen LogP contribution in [0.5, 0.6) is 0 Å². The molecule has 0 bridgehead atoms. The monoisotopic (exact) mass is 594 g/mol. The average Bonchev–Trinajstić information content (AvgIpc) is 3.06. The maximum atomic E-state index is 14.4. The predicted octanol–water partition coefficient (Wildman–Crippen LogP) is 12.4. The highest BCUT2D eigenvalue weighted by atomic mass is 19.1. The van der Waals surface area contributed by atoms with Gasteiger partial charge in [0.25, 0.3) is 0 Å². The standard InChI is InChI=1S/C41H36F2N2/c1-4-30(3)31-14-20-36(21-15-31)44(40-12-6-9-34(42)27-40)37-22-16-32(17-23-37)33-18-24-38(25-19-33)45(39-11-5-8-29(2)26-39)41-13-7-10-35(43)28-41/h5-28,30H,4H2,1-3H3. The van der Waals surface area contributed by atoms with Gasteiger partial charge in [-0.05, 0) is 126 Å². The summed E-state index contributed by atoms with van der Waals surface area (Å²) in [6.45, 7) is 6.47. The zero-order chi connectivity index (χ0) is 31.3. The van der Waals surface area contributed by atoms with Crippen LogP contribution < -0.4 is 9.80 Å². The van der Waals surface area contributed by atoms with E-state index in [2.05, 4.69) is 116 Å². The van der Waals surface area contributed by atoms with E-state index in [1.165, 1.54) is 17.7 Å². The molecule has 224 valence electrons. The Labute approximate surface area is 264 Å². The molecule has 0 aromatic heterocycles. The second-order valence-electron chi connectivity index (χ2n) is 11.5. The van der Waals surface area contributed by atoms with Gasteiger partial charge in [0, 0.05) is 34.1 Å². The Kier molecular flexibility index (Phi) is 8.74. The molecule has 2 nitrogen and oxygen atoms in total. The topological polar surface area (TPSA) is 6.48 Å². The highest BCUT2D eigenvalue weighted by molar-refractivity contribution is 5.80. The molecule has 0 aliphatic carbocycles. The van der Waals surface area contributed by atoms with Crippen molar-refractivity contribution >= 4 is 34.1 Å². The second kappa shape index (κ2) is 13.2. The lowest BCUT2D eigenvalue weighted by Crippen LogP contribution is -2.10. The van der Waals surface area contributed by atoms with Gasteiger partial charge in [-0.3, -0.25) is 0 Å². The molecular formula is C41H36F2N2. The van der Waals surface area contributed by atoms with Crippen molar-refractivity contribution in [1.29, 1.82) is 0 Å². The predicted molar refractivity (Wildman–Crippen MR) is 185 cm³/mol. The number of hydrogen-bond acceptors (Lipinski definition) is 2. The first-order chi connectivity index (χ1) is 21.9. The van der Waals surface area contributed by atoms with Gasteiger partial charge in [-0.1, -0.05) is 74.5 Å². The van der Waals surface area contributed by atoms with Crippen molar-refractivity contribution in [3.63, 3.8) is 0 Å². The summed E-state index contributed by atoms with van der Waals surface area (Å²) < 4.78 is 28.6. The molecule has 0 spiro atoms. The molecule has 0 aliphatic rings. The molecule has 45 heavy (non-hydrogen) atoms. The minimum Gasteiger partial charge on any atom is -0.310 e. The number of hydrogen-bond donors (Lipinski definition) is 0. The molecular weight excluding hydrogens is 558 g/mol. The maximum Gasteiger partial charge on any atom is 0.125 e. The van der Waals surface area contributed by atoms with Gasteiger partial charge in [0.05, 0.1) is 0 Å². The van der Waals surface area contributed by atoms with Gasteiger partial charge in [0.1, 0.15) is 11.6 Å².